The van der Waals surface area contributed by atoms with Crippen molar-refractivity contribution in [2.45, 2.75) is 18.8 Å². The van der Waals surface area contributed by atoms with Crippen LogP contribution in [-0.2, 0) is 14.2 Å². The maximum absolute atomic E-state index is 16.1. The number of hydrogen-bond acceptors (Lipinski definition) is 6. The van der Waals surface area contributed by atoms with Gasteiger partial charge in [0.2, 0.25) is 18.8 Å². The van der Waals surface area contributed by atoms with Gasteiger partial charge in [0.1, 0.15) is 5.82 Å². The normalized spacial score (nSPS) is 21.3. The number of carbonyl (C=O) groups excluding carboxylic acids is 3. The van der Waals surface area contributed by atoms with E-state index >= 15 is 13.3 Å². The molecule has 2 saturated heterocycles. The van der Waals surface area contributed by atoms with E-state index in [4.69, 9.17) is 9.59 Å². The molecule has 3 aliphatic heterocycles. The van der Waals surface area contributed by atoms with Gasteiger partial charge >= 0.3 is 12.1 Å². The predicted molar refractivity (Wildman–Crippen MR) is 161 cm³/mol. The highest BCUT2D eigenvalue weighted by Gasteiger charge is 2.52. The molecule has 0 saturated carbocycles. The van der Waals surface area contributed by atoms with Gasteiger partial charge in [-0.25, -0.2) is 26.5 Å². The number of carboxylic acids is 1. The summed E-state index contributed by atoms with van der Waals surface area (Å²) in [6.45, 7) is -1.60. The maximum atomic E-state index is 16.1. The van der Waals surface area contributed by atoms with Gasteiger partial charge in [-0.3, -0.25) is 0 Å². The van der Waals surface area contributed by atoms with Gasteiger partial charge in [0.15, 0.2) is 18.8 Å². The fourth-order valence-corrected chi connectivity index (χ4v) is 9.52. The molecule has 0 aromatic heterocycles. The molecule has 0 N–H and O–H groups in total. The second kappa shape index (κ2) is 11.8. The molecule has 3 heterocycles. The Bertz CT molecular complexity index is 2150. The van der Waals surface area contributed by atoms with Gasteiger partial charge < -0.3 is 19.4 Å². The zero-order chi connectivity index (χ0) is 35.6. The first-order valence-corrected chi connectivity index (χ1v) is 16.2. The minimum Gasteiger partial charge on any atom is -0.545 e. The monoisotopic (exact) mass is 702 g/mol. The number of anilines is 1. The topological polar surface area (TPSA) is 97.6 Å². The maximum Gasteiger partial charge on any atom is 0.373 e. The lowest BCUT2D eigenvalue weighted by molar-refractivity contribution is -0.638. The van der Waals surface area contributed by atoms with Crippen LogP contribution in [0, 0.1) is 24.4 Å². The molecule has 1 atom stereocenters. The van der Waals surface area contributed by atoms with Gasteiger partial charge in [-0.2, -0.15) is 18.4 Å². The van der Waals surface area contributed by atoms with Crippen LogP contribution in [0.2, 0.25) is 0 Å². The number of fused-ring (bicyclic) bond motifs is 2. The highest BCUT2D eigenvalue weighted by Crippen LogP contribution is 2.62. The zero-order valence-corrected chi connectivity index (χ0v) is 26.1. The number of carboxylic acid groups (broad SMARTS) is 1. The number of hydrogen-bond donors (Lipinski definition) is 0. The molecule has 2 fully saturated rings. The van der Waals surface area contributed by atoms with Crippen LogP contribution >= 0.6 is 7.14 Å². The van der Waals surface area contributed by atoms with Crippen molar-refractivity contribution in [1.82, 2.24) is 0 Å². The third-order valence-electron chi connectivity index (χ3n) is 8.71. The first-order chi connectivity index (χ1) is 23.0. The van der Waals surface area contributed by atoms with Crippen molar-refractivity contribution in [2.75, 3.05) is 31.1 Å². The number of benzene rings is 3. The molecule has 49 heavy (non-hydrogen) atoms. The van der Waals surface area contributed by atoms with E-state index in [-0.39, 0.29) is 50.2 Å². The Balaban J connectivity index is 0.00000134. The first kappa shape index (κ1) is 33.8. The lowest BCUT2D eigenvalue weighted by atomic mass is 9.85. The van der Waals surface area contributed by atoms with E-state index in [2.05, 4.69) is 0 Å². The Kier molecular flexibility index (Phi) is 8.16. The summed E-state index contributed by atoms with van der Waals surface area (Å²) in [7, 11) is -4.06. The van der Waals surface area contributed by atoms with E-state index in [1.165, 1.54) is 45.9 Å². The zero-order valence-electron chi connectivity index (χ0n) is 25.2. The van der Waals surface area contributed by atoms with Crippen LogP contribution in [0.15, 0.2) is 77.6 Å². The summed E-state index contributed by atoms with van der Waals surface area (Å²) in [5.41, 5.74) is -2.87. The molecule has 7 rings (SSSR count). The fourth-order valence-electron chi connectivity index (χ4n) is 6.43. The standard InChI is InChI=1S/C33H22F7N2O3P.CO2/c1-17-28(34)26(27(31(43)44)30(36)29(17)35)25-21-9-7-18(41-13-32(37,38)14-41)11-23(21)46(45,20-5-3-2-4-6-20)24-12-19(8-10-22(24)25)42-15-33(39,40)16-42;2-1-3/h2-12H,13-16H2,1H3;. The molecule has 1 aliphatic carbocycles. The minimum absolute atomic E-state index is 0.00825. The first-order valence-electron chi connectivity index (χ1n) is 14.5. The molecular formula is C34H22F7N2O5P. The van der Waals surface area contributed by atoms with E-state index in [1.54, 1.807) is 30.3 Å². The lowest BCUT2D eigenvalue weighted by Crippen LogP contribution is -2.56. The Morgan fingerprint density at radius 2 is 1.55 bits per heavy atom. The molecule has 0 radical (unpaired) electrons. The van der Waals surface area contributed by atoms with Gasteiger partial charge in [0.25, 0.3) is 5.92 Å². The second-order valence-corrected chi connectivity index (χ2v) is 14.5. The predicted octanol–water partition coefficient (Wildman–Crippen LogP) is 4.33. The van der Waals surface area contributed by atoms with Crippen molar-refractivity contribution in [3.05, 3.63) is 117 Å². The van der Waals surface area contributed by atoms with Crippen LogP contribution < -0.4 is 20.6 Å². The molecule has 7 nitrogen and oxygen atoms in total. The molecule has 3 aromatic carbocycles. The van der Waals surface area contributed by atoms with Crippen LogP contribution in [0.1, 0.15) is 27.0 Å². The van der Waals surface area contributed by atoms with E-state index in [0.717, 1.165) is 6.92 Å². The average Bonchev–Trinajstić information content (AvgIpc) is 3.04. The summed E-state index contributed by atoms with van der Waals surface area (Å²) < 4.78 is 119. The molecule has 252 valence electrons. The smallest absolute Gasteiger partial charge is 0.373 e. The third kappa shape index (κ3) is 5.45. The third-order valence-corrected chi connectivity index (χ3v) is 11.8. The van der Waals surface area contributed by atoms with E-state index < -0.39 is 85.3 Å². The number of allylic oxidation sites excluding steroid dienone is 5. The summed E-state index contributed by atoms with van der Waals surface area (Å²) in [6, 6.07) is 12.2. The van der Waals surface area contributed by atoms with Gasteiger partial charge in [0, 0.05) is 56.0 Å². The quantitative estimate of drug-likeness (QED) is 0.174. The Morgan fingerprint density at radius 3 is 2.12 bits per heavy atom. The number of halogens is 7. The van der Waals surface area contributed by atoms with Gasteiger partial charge in [-0.15, -0.1) is 0 Å². The number of rotatable bonds is 4. The largest absolute Gasteiger partial charge is 0.545 e. The Morgan fingerprint density at radius 1 is 0.918 bits per heavy atom. The lowest BCUT2D eigenvalue weighted by Gasteiger charge is -2.41. The Labute approximate surface area is 273 Å². The number of nitrogens with zero attached hydrogens (tertiary/aromatic N) is 2. The van der Waals surface area contributed by atoms with Crippen molar-refractivity contribution in [3.8, 4) is 0 Å². The molecule has 1 unspecified atom stereocenters. The summed E-state index contributed by atoms with van der Waals surface area (Å²) in [4.78, 5) is 29.8. The van der Waals surface area contributed by atoms with Gasteiger partial charge in [-0.1, -0.05) is 36.4 Å². The van der Waals surface area contributed by atoms with Crippen LogP contribution in [0.4, 0.5) is 36.4 Å². The van der Waals surface area contributed by atoms with Crippen LogP contribution in [-0.4, -0.2) is 60.4 Å². The van der Waals surface area contributed by atoms with Crippen LogP contribution in [0.25, 0.3) is 5.57 Å². The van der Waals surface area contributed by atoms with Crippen molar-refractivity contribution in [1.29, 1.82) is 0 Å². The van der Waals surface area contributed by atoms with Crippen LogP contribution in [0.5, 0.6) is 0 Å². The molecule has 0 amide bonds. The molecule has 0 bridgehead atoms. The molecular weight excluding hydrogens is 680 g/mol. The van der Waals surface area contributed by atoms with Crippen molar-refractivity contribution < 1.29 is 59.4 Å². The van der Waals surface area contributed by atoms with Crippen molar-refractivity contribution >= 4 is 46.8 Å². The van der Waals surface area contributed by atoms with Crippen molar-refractivity contribution in [3.63, 3.8) is 0 Å². The molecule has 3 aromatic rings. The van der Waals surface area contributed by atoms with E-state index in [9.17, 15) is 31.9 Å². The highest BCUT2D eigenvalue weighted by molar-refractivity contribution is 7.83. The summed E-state index contributed by atoms with van der Waals surface area (Å²) >= 11 is 0. The van der Waals surface area contributed by atoms with Gasteiger partial charge in [0.05, 0.1) is 19.1 Å². The highest BCUT2D eigenvalue weighted by atomic mass is 31.2. The van der Waals surface area contributed by atoms with Crippen molar-refractivity contribution in [2.24, 2.45) is 0 Å². The molecule has 4 aliphatic rings. The number of aromatic carboxylic acids is 1. The summed E-state index contributed by atoms with van der Waals surface area (Å²) in [6.07, 6.45) is 4.40. The number of carbonyl (C=O) groups is 1. The average molecular weight is 703 g/mol. The SMILES string of the molecule is Cc1c(F)c(F)c(C(=O)[O-])c(C2=C3C=CC(=[N+]4CC(F)(F)C4)C=C3P(=O)(c3ccccc3)c3cc(N4CC(F)(F)C4)ccc32)c1F.O=C=O. The van der Waals surface area contributed by atoms with E-state index in [0.29, 0.717) is 0 Å². The minimum atomic E-state index is -4.06. The van der Waals surface area contributed by atoms with Gasteiger partial charge in [-0.05, 0) is 36.3 Å². The fraction of sp³-hybridized carbons (Fsp3) is 0.206. The van der Waals surface area contributed by atoms with Crippen LogP contribution in [0.3, 0.4) is 0 Å². The van der Waals surface area contributed by atoms with E-state index in [1.807, 2.05) is 0 Å². The molecule has 0 spiro atoms. The Hall–Kier alpha value is -5.06. The molecule has 15 heteroatoms. The summed E-state index contributed by atoms with van der Waals surface area (Å²) in [5.74, 6) is -13.1. The number of alkyl halides is 4. The summed E-state index contributed by atoms with van der Waals surface area (Å²) in [5, 5.41) is 12.5. The second-order valence-electron chi connectivity index (χ2n) is 11.8.